The smallest absolute Gasteiger partial charge is 0.227 e. The molecule has 0 saturated heterocycles. The highest BCUT2D eigenvalue weighted by molar-refractivity contribution is 6.10. The molecule has 0 unspecified atom stereocenters. The molecule has 2 rings (SSSR count). The van der Waals surface area contributed by atoms with E-state index in [9.17, 15) is 0 Å². The molecule has 3 heteroatoms. The van der Waals surface area contributed by atoms with Crippen LogP contribution >= 0.6 is 0 Å². The average Bonchev–Trinajstić information content (AvgIpc) is 2.30. The van der Waals surface area contributed by atoms with Gasteiger partial charge in [-0.25, -0.2) is 0 Å². The van der Waals surface area contributed by atoms with Crippen molar-refractivity contribution < 1.29 is 0 Å². The van der Waals surface area contributed by atoms with Crippen molar-refractivity contribution >= 4 is 13.7 Å². The van der Waals surface area contributed by atoms with Crippen LogP contribution in [0.2, 0.25) is 0 Å². The Morgan fingerprint density at radius 3 is 3.18 bits per heavy atom. The quantitative estimate of drug-likeness (QED) is 0.501. The summed E-state index contributed by atoms with van der Waals surface area (Å²) in [5.41, 5.74) is 3.12. The highest BCUT2D eigenvalue weighted by atomic mass is 15.1. The van der Waals surface area contributed by atoms with Gasteiger partial charge in [0.1, 0.15) is 0 Å². The summed E-state index contributed by atoms with van der Waals surface area (Å²) in [5, 5.41) is 0. The Labute approximate surface area is 67.0 Å². The van der Waals surface area contributed by atoms with E-state index < -0.39 is 0 Å². The van der Waals surface area contributed by atoms with E-state index in [0.29, 0.717) is 0 Å². The van der Waals surface area contributed by atoms with Crippen LogP contribution in [0.4, 0.5) is 0 Å². The standard InChI is InChI=1S/C8H7BN2/c1-6-8-4-10-3-2-7(8)5-11(6)9/h2-4H,1,5H2. The van der Waals surface area contributed by atoms with Gasteiger partial charge in [0, 0.05) is 30.2 Å². The first kappa shape index (κ1) is 6.46. The van der Waals surface area contributed by atoms with Gasteiger partial charge in [0.2, 0.25) is 7.98 Å². The summed E-state index contributed by atoms with van der Waals surface area (Å²) in [4.78, 5) is 5.63. The minimum Gasteiger partial charge on any atom is -0.421 e. The predicted octanol–water partition coefficient (Wildman–Crippen LogP) is 0.951. The van der Waals surface area contributed by atoms with E-state index in [4.69, 9.17) is 7.98 Å². The Kier molecular flexibility index (Phi) is 1.25. The highest BCUT2D eigenvalue weighted by Crippen LogP contribution is 2.27. The zero-order valence-electron chi connectivity index (χ0n) is 6.12. The molecule has 0 atom stereocenters. The SMILES string of the molecule is [B]N1Cc2ccncc2C1=C. The minimum absolute atomic E-state index is 0.747. The summed E-state index contributed by atoms with van der Waals surface area (Å²) in [7, 11) is 5.63. The normalized spacial score (nSPS) is 15.3. The Morgan fingerprint density at radius 2 is 2.45 bits per heavy atom. The lowest BCUT2D eigenvalue weighted by Gasteiger charge is -2.10. The molecule has 0 amide bonds. The van der Waals surface area contributed by atoms with Crippen molar-refractivity contribution in [1.29, 1.82) is 0 Å². The van der Waals surface area contributed by atoms with Crippen LogP contribution in [-0.2, 0) is 6.54 Å². The first-order valence-corrected chi connectivity index (χ1v) is 3.43. The van der Waals surface area contributed by atoms with Gasteiger partial charge < -0.3 is 4.81 Å². The summed E-state index contributed by atoms with van der Waals surface area (Å²) in [6.07, 6.45) is 3.57. The topological polar surface area (TPSA) is 16.1 Å². The van der Waals surface area contributed by atoms with E-state index in [1.807, 2.05) is 6.07 Å². The second-order valence-corrected chi connectivity index (χ2v) is 2.61. The van der Waals surface area contributed by atoms with Gasteiger partial charge >= 0.3 is 0 Å². The Hall–Kier alpha value is -1.25. The molecule has 1 aromatic heterocycles. The van der Waals surface area contributed by atoms with Crippen LogP contribution in [0.15, 0.2) is 25.0 Å². The summed E-state index contributed by atoms with van der Waals surface area (Å²) in [6, 6.07) is 1.97. The van der Waals surface area contributed by atoms with Gasteiger partial charge in [-0.05, 0) is 11.6 Å². The van der Waals surface area contributed by atoms with Crippen LogP contribution in [0.25, 0.3) is 5.70 Å². The molecule has 1 aliphatic rings. The Morgan fingerprint density at radius 1 is 1.64 bits per heavy atom. The number of aromatic nitrogens is 1. The van der Waals surface area contributed by atoms with Crippen molar-refractivity contribution in [2.75, 3.05) is 0 Å². The molecule has 0 fully saturated rings. The van der Waals surface area contributed by atoms with Gasteiger partial charge in [0.05, 0.1) is 0 Å². The van der Waals surface area contributed by atoms with E-state index in [1.54, 1.807) is 17.2 Å². The molecule has 1 aromatic rings. The lowest BCUT2D eigenvalue weighted by molar-refractivity contribution is 0.659. The molecule has 2 radical (unpaired) electrons. The largest absolute Gasteiger partial charge is 0.421 e. The fourth-order valence-corrected chi connectivity index (χ4v) is 1.25. The van der Waals surface area contributed by atoms with Crippen molar-refractivity contribution in [2.45, 2.75) is 6.54 Å². The molecule has 2 nitrogen and oxygen atoms in total. The summed E-state index contributed by atoms with van der Waals surface area (Å²) < 4.78 is 0. The van der Waals surface area contributed by atoms with E-state index in [1.165, 1.54) is 5.56 Å². The molecule has 11 heavy (non-hydrogen) atoms. The third-order valence-corrected chi connectivity index (χ3v) is 1.91. The summed E-state index contributed by atoms with van der Waals surface area (Å²) in [5.74, 6) is 0. The Balaban J connectivity index is 2.55. The van der Waals surface area contributed by atoms with E-state index in [-0.39, 0.29) is 0 Å². The third kappa shape index (κ3) is 0.844. The van der Waals surface area contributed by atoms with Crippen molar-refractivity contribution in [3.8, 4) is 0 Å². The van der Waals surface area contributed by atoms with Crippen LogP contribution in [0.5, 0.6) is 0 Å². The number of nitrogens with zero attached hydrogens (tertiary/aromatic N) is 2. The number of pyridine rings is 1. The van der Waals surface area contributed by atoms with Crippen molar-refractivity contribution in [2.24, 2.45) is 0 Å². The van der Waals surface area contributed by atoms with Gasteiger partial charge in [-0.3, -0.25) is 4.98 Å². The van der Waals surface area contributed by atoms with Crippen LogP contribution in [-0.4, -0.2) is 17.8 Å². The van der Waals surface area contributed by atoms with Crippen molar-refractivity contribution in [3.63, 3.8) is 0 Å². The van der Waals surface area contributed by atoms with Gasteiger partial charge in [0.25, 0.3) is 0 Å². The highest BCUT2D eigenvalue weighted by Gasteiger charge is 2.17. The minimum atomic E-state index is 0.747. The lowest BCUT2D eigenvalue weighted by atomic mass is 10.2. The molecule has 0 N–H and O–H groups in total. The van der Waals surface area contributed by atoms with Crippen LogP contribution < -0.4 is 0 Å². The first-order valence-electron chi connectivity index (χ1n) is 3.43. The van der Waals surface area contributed by atoms with E-state index >= 15 is 0 Å². The maximum absolute atomic E-state index is 5.63. The summed E-state index contributed by atoms with van der Waals surface area (Å²) >= 11 is 0. The number of hydrogen-bond acceptors (Lipinski definition) is 2. The fourth-order valence-electron chi connectivity index (χ4n) is 1.25. The van der Waals surface area contributed by atoms with Crippen LogP contribution in [0.1, 0.15) is 11.1 Å². The molecular formula is C8H7BN2. The van der Waals surface area contributed by atoms with Crippen molar-refractivity contribution in [1.82, 2.24) is 9.79 Å². The maximum Gasteiger partial charge on any atom is 0.227 e. The molecule has 2 heterocycles. The Bertz CT molecular complexity index is 309. The molecule has 0 aromatic carbocycles. The lowest BCUT2D eigenvalue weighted by Crippen LogP contribution is -2.08. The molecule has 0 bridgehead atoms. The van der Waals surface area contributed by atoms with Crippen LogP contribution in [0.3, 0.4) is 0 Å². The van der Waals surface area contributed by atoms with Crippen molar-refractivity contribution in [3.05, 3.63) is 36.2 Å². The number of rotatable bonds is 0. The zero-order chi connectivity index (χ0) is 7.84. The molecule has 52 valence electrons. The molecule has 0 saturated carbocycles. The third-order valence-electron chi connectivity index (χ3n) is 1.91. The van der Waals surface area contributed by atoms with Gasteiger partial charge in [-0.15, -0.1) is 0 Å². The van der Waals surface area contributed by atoms with Gasteiger partial charge in [-0.2, -0.15) is 0 Å². The van der Waals surface area contributed by atoms with Crippen LogP contribution in [0, 0.1) is 0 Å². The predicted molar refractivity (Wildman–Crippen MR) is 44.6 cm³/mol. The second-order valence-electron chi connectivity index (χ2n) is 2.61. The first-order chi connectivity index (χ1) is 5.29. The monoisotopic (exact) mass is 142 g/mol. The molecular weight excluding hydrogens is 135 g/mol. The van der Waals surface area contributed by atoms with Gasteiger partial charge in [0.15, 0.2) is 0 Å². The molecule has 0 spiro atoms. The average molecular weight is 142 g/mol. The summed E-state index contributed by atoms with van der Waals surface area (Å²) in [6.45, 7) is 4.58. The fraction of sp³-hybridized carbons (Fsp3) is 0.125. The van der Waals surface area contributed by atoms with E-state index in [2.05, 4.69) is 11.6 Å². The second kappa shape index (κ2) is 2.12. The number of hydrogen-bond donors (Lipinski definition) is 0. The van der Waals surface area contributed by atoms with E-state index in [0.717, 1.165) is 17.8 Å². The molecule has 0 aliphatic carbocycles. The van der Waals surface area contributed by atoms with Gasteiger partial charge in [-0.1, -0.05) is 6.58 Å². The number of fused-ring (bicyclic) bond motifs is 1. The maximum atomic E-state index is 5.63. The molecule has 1 aliphatic heterocycles. The zero-order valence-corrected chi connectivity index (χ0v) is 6.12.